The van der Waals surface area contributed by atoms with Crippen LogP contribution in [-0.4, -0.2) is 49.7 Å². The second-order valence-electron chi connectivity index (χ2n) is 6.33. The van der Waals surface area contributed by atoms with Gasteiger partial charge in [-0.1, -0.05) is 36.0 Å². The van der Waals surface area contributed by atoms with Crippen LogP contribution in [0, 0.1) is 5.92 Å². The van der Waals surface area contributed by atoms with E-state index in [0.717, 1.165) is 24.2 Å². The summed E-state index contributed by atoms with van der Waals surface area (Å²) in [5, 5.41) is 0. The quantitative estimate of drug-likeness (QED) is 0.763. The Morgan fingerprint density at radius 2 is 1.79 bits per heavy atom. The molecule has 1 aliphatic heterocycles. The molecule has 0 radical (unpaired) electrons. The average Bonchev–Trinajstić information content (AvgIpc) is 3.17. The number of halogens is 2. The molecule has 9 heteroatoms. The Balaban J connectivity index is 1.60. The minimum absolute atomic E-state index is 0.0601. The summed E-state index contributed by atoms with van der Waals surface area (Å²) < 4.78 is 27.2. The smallest absolute Gasteiger partial charge is 0.245 e. The first kappa shape index (κ1) is 18.5. The molecule has 0 unspecified atom stereocenters. The number of hydrogen-bond donors (Lipinski definition) is 0. The maximum Gasteiger partial charge on any atom is 0.245 e. The number of thiophene rings is 1. The highest BCUT2D eigenvalue weighted by molar-refractivity contribution is 7.89. The summed E-state index contributed by atoms with van der Waals surface area (Å²) in [6.07, 6.45) is 5.30. The standard InChI is InChI=1S/C15H20Cl2N2O3S2/c16-13-10-12(15(17)23-13)24(21,22)19-7-5-18(6-8-19)14(20)9-11-3-1-2-4-11/h10-11H,1-9H2. The zero-order valence-corrected chi connectivity index (χ0v) is 16.4. The first-order valence-corrected chi connectivity index (χ1v) is 11.1. The molecule has 0 spiro atoms. The molecular formula is C15H20Cl2N2O3S2. The number of amides is 1. The van der Waals surface area contributed by atoms with Gasteiger partial charge in [-0.05, 0) is 24.8 Å². The fourth-order valence-corrected chi connectivity index (χ4v) is 6.94. The number of sulfonamides is 1. The molecule has 0 bridgehead atoms. The molecule has 2 fully saturated rings. The molecule has 2 aliphatic rings. The van der Waals surface area contributed by atoms with Crippen molar-refractivity contribution >= 4 is 50.5 Å². The lowest BCUT2D eigenvalue weighted by molar-refractivity contribution is -0.133. The van der Waals surface area contributed by atoms with E-state index in [-0.39, 0.29) is 15.1 Å². The number of carbonyl (C=O) groups is 1. The molecule has 0 N–H and O–H groups in total. The van der Waals surface area contributed by atoms with Gasteiger partial charge in [-0.25, -0.2) is 8.42 Å². The molecule has 3 rings (SSSR count). The fraction of sp³-hybridized carbons (Fsp3) is 0.667. The highest BCUT2D eigenvalue weighted by Crippen LogP contribution is 2.36. The number of nitrogens with zero attached hydrogens (tertiary/aromatic N) is 2. The van der Waals surface area contributed by atoms with Crippen molar-refractivity contribution in [3.63, 3.8) is 0 Å². The van der Waals surface area contributed by atoms with E-state index in [1.165, 1.54) is 23.2 Å². The summed E-state index contributed by atoms with van der Waals surface area (Å²) in [7, 11) is -3.65. The Labute approximate surface area is 156 Å². The van der Waals surface area contributed by atoms with Crippen molar-refractivity contribution in [3.8, 4) is 0 Å². The molecule has 1 amide bonds. The van der Waals surface area contributed by atoms with E-state index in [1.807, 2.05) is 0 Å². The molecule has 1 aromatic heterocycles. The van der Waals surface area contributed by atoms with Gasteiger partial charge in [0.25, 0.3) is 0 Å². The van der Waals surface area contributed by atoms with Crippen molar-refractivity contribution in [2.24, 2.45) is 5.92 Å². The third kappa shape index (κ3) is 3.90. The minimum atomic E-state index is -3.65. The van der Waals surface area contributed by atoms with Crippen molar-refractivity contribution in [1.29, 1.82) is 0 Å². The molecule has 1 aliphatic carbocycles. The van der Waals surface area contributed by atoms with E-state index in [0.29, 0.717) is 42.9 Å². The van der Waals surface area contributed by atoms with Gasteiger partial charge >= 0.3 is 0 Å². The van der Waals surface area contributed by atoms with Crippen LogP contribution in [0.25, 0.3) is 0 Å². The maximum atomic E-state index is 12.7. The van der Waals surface area contributed by atoms with Crippen LogP contribution in [-0.2, 0) is 14.8 Å². The lowest BCUT2D eigenvalue weighted by atomic mass is 10.0. The van der Waals surface area contributed by atoms with Gasteiger partial charge < -0.3 is 4.90 Å². The lowest BCUT2D eigenvalue weighted by Crippen LogP contribution is -2.50. The SMILES string of the molecule is O=C(CC1CCCC1)N1CCN(S(=O)(=O)c2cc(Cl)sc2Cl)CC1. The summed E-state index contributed by atoms with van der Waals surface area (Å²) in [5.74, 6) is 0.654. The van der Waals surface area contributed by atoms with Crippen molar-refractivity contribution in [3.05, 3.63) is 14.7 Å². The maximum absolute atomic E-state index is 12.7. The summed E-state index contributed by atoms with van der Waals surface area (Å²) >= 11 is 12.9. The van der Waals surface area contributed by atoms with Gasteiger partial charge in [0.15, 0.2) is 0 Å². The van der Waals surface area contributed by atoms with E-state index in [2.05, 4.69) is 0 Å². The normalized spacial score (nSPS) is 20.7. The molecule has 24 heavy (non-hydrogen) atoms. The Morgan fingerprint density at radius 1 is 1.17 bits per heavy atom. The predicted octanol–water partition coefficient (Wildman–Crippen LogP) is 3.47. The molecule has 5 nitrogen and oxygen atoms in total. The van der Waals surface area contributed by atoms with Crippen molar-refractivity contribution < 1.29 is 13.2 Å². The van der Waals surface area contributed by atoms with Crippen LogP contribution in [0.15, 0.2) is 11.0 Å². The highest BCUT2D eigenvalue weighted by atomic mass is 35.5. The second-order valence-corrected chi connectivity index (χ2v) is 10.5. The third-order valence-corrected chi connectivity index (χ3v) is 8.42. The van der Waals surface area contributed by atoms with Crippen LogP contribution in [0.1, 0.15) is 32.1 Å². The van der Waals surface area contributed by atoms with Gasteiger partial charge in [0, 0.05) is 32.6 Å². The summed E-state index contributed by atoms with van der Waals surface area (Å²) in [4.78, 5) is 14.2. The van der Waals surface area contributed by atoms with E-state index in [9.17, 15) is 13.2 Å². The van der Waals surface area contributed by atoms with E-state index in [4.69, 9.17) is 23.2 Å². The zero-order valence-electron chi connectivity index (χ0n) is 13.2. The fourth-order valence-electron chi connectivity index (χ4n) is 3.41. The molecule has 0 aromatic carbocycles. The van der Waals surface area contributed by atoms with Gasteiger partial charge in [0.1, 0.15) is 9.23 Å². The van der Waals surface area contributed by atoms with Gasteiger partial charge in [0.2, 0.25) is 15.9 Å². The number of carbonyl (C=O) groups excluding carboxylic acids is 1. The van der Waals surface area contributed by atoms with Gasteiger partial charge in [-0.15, -0.1) is 11.3 Å². The number of hydrogen-bond acceptors (Lipinski definition) is 4. The van der Waals surface area contributed by atoms with Gasteiger partial charge in [-0.3, -0.25) is 4.79 Å². The van der Waals surface area contributed by atoms with Crippen LogP contribution in [0.3, 0.4) is 0 Å². The van der Waals surface area contributed by atoms with Crippen LogP contribution in [0.4, 0.5) is 0 Å². The van der Waals surface area contributed by atoms with E-state index >= 15 is 0 Å². The Hall–Kier alpha value is -0.340. The molecule has 1 saturated carbocycles. The monoisotopic (exact) mass is 410 g/mol. The Kier molecular flexibility index (Phi) is 5.76. The van der Waals surface area contributed by atoms with Crippen molar-refractivity contribution in [2.45, 2.75) is 37.0 Å². The first-order chi connectivity index (χ1) is 11.4. The molecule has 1 saturated heterocycles. The predicted molar refractivity (Wildman–Crippen MR) is 96.3 cm³/mol. The molecule has 2 heterocycles. The second kappa shape index (κ2) is 7.50. The minimum Gasteiger partial charge on any atom is -0.340 e. The van der Waals surface area contributed by atoms with E-state index in [1.54, 1.807) is 4.90 Å². The van der Waals surface area contributed by atoms with Crippen LogP contribution >= 0.6 is 34.5 Å². The third-order valence-electron chi connectivity index (χ3n) is 4.77. The van der Waals surface area contributed by atoms with Crippen LogP contribution < -0.4 is 0 Å². The summed E-state index contributed by atoms with van der Waals surface area (Å²) in [6.45, 7) is 1.45. The van der Waals surface area contributed by atoms with Crippen molar-refractivity contribution in [2.75, 3.05) is 26.2 Å². The molecular weight excluding hydrogens is 391 g/mol. The van der Waals surface area contributed by atoms with Crippen LogP contribution in [0.5, 0.6) is 0 Å². The zero-order chi connectivity index (χ0) is 17.3. The number of rotatable bonds is 4. The summed E-state index contributed by atoms with van der Waals surface area (Å²) in [5.41, 5.74) is 0. The van der Waals surface area contributed by atoms with Crippen molar-refractivity contribution in [1.82, 2.24) is 9.21 Å². The lowest BCUT2D eigenvalue weighted by Gasteiger charge is -2.34. The highest BCUT2D eigenvalue weighted by Gasteiger charge is 2.33. The van der Waals surface area contributed by atoms with Crippen LogP contribution in [0.2, 0.25) is 8.67 Å². The largest absolute Gasteiger partial charge is 0.340 e. The Bertz CT molecular complexity index is 706. The molecule has 1 aromatic rings. The number of piperazine rings is 1. The van der Waals surface area contributed by atoms with E-state index < -0.39 is 10.0 Å². The Morgan fingerprint density at radius 3 is 2.33 bits per heavy atom. The summed E-state index contributed by atoms with van der Waals surface area (Å²) in [6, 6.07) is 1.39. The molecule has 134 valence electrons. The van der Waals surface area contributed by atoms with Gasteiger partial charge in [-0.2, -0.15) is 4.31 Å². The van der Waals surface area contributed by atoms with Gasteiger partial charge in [0.05, 0.1) is 4.34 Å². The topological polar surface area (TPSA) is 57.7 Å². The molecule has 0 atom stereocenters. The first-order valence-electron chi connectivity index (χ1n) is 8.10. The average molecular weight is 411 g/mol.